The van der Waals surface area contributed by atoms with Gasteiger partial charge in [0, 0.05) is 62.9 Å². The number of hydrogen-bond acceptors (Lipinski definition) is 4. The molecule has 1 aliphatic heterocycles. The van der Waals surface area contributed by atoms with E-state index in [2.05, 4.69) is 4.90 Å². The smallest absolute Gasteiger partial charge is 0.219 e. The highest BCUT2D eigenvalue weighted by Crippen LogP contribution is 2.27. The molecule has 0 unspecified atom stereocenters. The molecule has 2 rings (SSSR count). The first-order chi connectivity index (χ1) is 10.5. The van der Waals surface area contributed by atoms with E-state index >= 15 is 0 Å². The van der Waals surface area contributed by atoms with Crippen LogP contribution < -0.4 is 0 Å². The van der Waals surface area contributed by atoms with Crippen molar-refractivity contribution in [1.82, 2.24) is 9.80 Å². The van der Waals surface area contributed by atoms with Gasteiger partial charge in [-0.25, -0.2) is 0 Å². The maximum Gasteiger partial charge on any atom is 0.219 e. The third-order valence-electron chi connectivity index (χ3n) is 3.93. The minimum absolute atomic E-state index is 0.127. The second-order valence-electron chi connectivity index (χ2n) is 5.42. The zero-order chi connectivity index (χ0) is 16.1. The number of amides is 1. The van der Waals surface area contributed by atoms with Crippen LogP contribution in [0.5, 0.6) is 0 Å². The topological polar surface area (TPSA) is 42.0 Å². The van der Waals surface area contributed by atoms with Gasteiger partial charge in [0.15, 0.2) is 0 Å². The fraction of sp³-hybridized carbons (Fsp3) is 0.562. The van der Waals surface area contributed by atoms with Crippen LogP contribution in [0, 0.1) is 0 Å². The normalized spacial score (nSPS) is 19.6. The van der Waals surface area contributed by atoms with E-state index in [9.17, 15) is 4.79 Å². The number of allylic oxidation sites excluding steroid dienone is 2. The van der Waals surface area contributed by atoms with Gasteiger partial charge in [-0.2, -0.15) is 0 Å². The molecular formula is C16H23ClN2O3. The summed E-state index contributed by atoms with van der Waals surface area (Å²) in [5, 5.41) is 0.734. The van der Waals surface area contributed by atoms with Crippen LogP contribution in [0.3, 0.4) is 0 Å². The third kappa shape index (κ3) is 4.05. The van der Waals surface area contributed by atoms with Crippen LogP contribution in [0.15, 0.2) is 34.2 Å². The predicted molar refractivity (Wildman–Crippen MR) is 86.4 cm³/mol. The van der Waals surface area contributed by atoms with Crippen molar-refractivity contribution >= 4 is 17.5 Å². The molecule has 0 spiro atoms. The highest BCUT2D eigenvalue weighted by atomic mass is 35.5. The van der Waals surface area contributed by atoms with Crippen LogP contribution in [0.4, 0.5) is 0 Å². The summed E-state index contributed by atoms with van der Waals surface area (Å²) in [7, 11) is 3.33. The van der Waals surface area contributed by atoms with Gasteiger partial charge >= 0.3 is 0 Å². The van der Waals surface area contributed by atoms with Crippen LogP contribution in [0.2, 0.25) is 0 Å². The second kappa shape index (κ2) is 7.70. The number of piperazine rings is 1. The minimum atomic E-state index is 0.127. The lowest BCUT2D eigenvalue weighted by Gasteiger charge is -2.37. The lowest BCUT2D eigenvalue weighted by molar-refractivity contribution is -0.130. The van der Waals surface area contributed by atoms with Crippen molar-refractivity contribution in [2.75, 3.05) is 47.0 Å². The van der Waals surface area contributed by atoms with Crippen LogP contribution in [-0.4, -0.2) is 62.7 Å². The Bertz CT molecular complexity index is 517. The third-order valence-corrected chi connectivity index (χ3v) is 4.17. The van der Waals surface area contributed by atoms with E-state index in [1.54, 1.807) is 21.1 Å². The Hall–Kier alpha value is -1.46. The average Bonchev–Trinajstić information content (AvgIpc) is 2.66. The van der Waals surface area contributed by atoms with Gasteiger partial charge in [-0.1, -0.05) is 11.6 Å². The molecule has 2 aliphatic rings. The largest absolute Gasteiger partial charge is 0.501 e. The van der Waals surface area contributed by atoms with Crippen LogP contribution >= 0.6 is 11.6 Å². The van der Waals surface area contributed by atoms with E-state index in [-0.39, 0.29) is 5.91 Å². The van der Waals surface area contributed by atoms with Gasteiger partial charge < -0.3 is 19.3 Å². The van der Waals surface area contributed by atoms with Crippen LogP contribution in [0.25, 0.3) is 0 Å². The summed E-state index contributed by atoms with van der Waals surface area (Å²) < 4.78 is 10.7. The Labute approximate surface area is 136 Å². The summed E-state index contributed by atoms with van der Waals surface area (Å²) >= 11 is 6.27. The highest BCUT2D eigenvalue weighted by molar-refractivity contribution is 6.30. The molecule has 0 aromatic heterocycles. The number of nitrogens with zero attached hydrogens (tertiary/aromatic N) is 2. The van der Waals surface area contributed by atoms with Crippen molar-refractivity contribution in [3.63, 3.8) is 0 Å². The summed E-state index contributed by atoms with van der Waals surface area (Å²) in [4.78, 5) is 15.6. The Morgan fingerprint density at radius 2 is 1.91 bits per heavy atom. The minimum Gasteiger partial charge on any atom is -0.501 e. The molecule has 1 saturated heterocycles. The molecule has 1 fully saturated rings. The van der Waals surface area contributed by atoms with E-state index < -0.39 is 0 Å². The molecule has 1 aliphatic carbocycles. The van der Waals surface area contributed by atoms with Crippen molar-refractivity contribution < 1.29 is 14.3 Å². The van der Waals surface area contributed by atoms with Gasteiger partial charge in [-0.05, 0) is 12.2 Å². The molecule has 1 heterocycles. The molecule has 0 bridgehead atoms. The number of ether oxygens (including phenoxy) is 2. The molecule has 122 valence electrons. The molecule has 0 aromatic carbocycles. The summed E-state index contributed by atoms with van der Waals surface area (Å²) in [6.07, 6.45) is 4.58. The molecule has 0 aromatic rings. The average molecular weight is 327 g/mol. The van der Waals surface area contributed by atoms with E-state index in [1.807, 2.05) is 17.1 Å². The maximum absolute atomic E-state index is 11.5. The van der Waals surface area contributed by atoms with E-state index in [0.717, 1.165) is 48.2 Å². The fourth-order valence-electron chi connectivity index (χ4n) is 2.74. The predicted octanol–water partition coefficient (Wildman–Crippen LogP) is 2.11. The van der Waals surface area contributed by atoms with Gasteiger partial charge in [-0.3, -0.25) is 4.79 Å². The Morgan fingerprint density at radius 1 is 1.23 bits per heavy atom. The van der Waals surface area contributed by atoms with Crippen LogP contribution in [0.1, 0.15) is 13.3 Å². The number of methoxy groups -OCH3 is 2. The van der Waals surface area contributed by atoms with Crippen molar-refractivity contribution in [3.8, 4) is 0 Å². The number of carbonyl (C=O) groups is 1. The lowest BCUT2D eigenvalue weighted by Crippen LogP contribution is -2.47. The first-order valence-corrected chi connectivity index (χ1v) is 7.76. The monoisotopic (exact) mass is 326 g/mol. The van der Waals surface area contributed by atoms with Crippen molar-refractivity contribution in [1.29, 1.82) is 0 Å². The molecule has 0 N–H and O–H groups in total. The fourth-order valence-corrected chi connectivity index (χ4v) is 3.00. The number of rotatable bonds is 4. The van der Waals surface area contributed by atoms with Crippen molar-refractivity contribution in [3.05, 3.63) is 34.2 Å². The molecule has 6 heteroatoms. The van der Waals surface area contributed by atoms with Crippen molar-refractivity contribution in [2.45, 2.75) is 13.3 Å². The Kier molecular flexibility index (Phi) is 5.91. The first-order valence-electron chi connectivity index (χ1n) is 7.38. The molecular weight excluding hydrogens is 304 g/mol. The molecule has 0 atom stereocenters. The molecule has 5 nitrogen and oxygen atoms in total. The SMILES string of the molecule is COCC1=C(N2CCN(C(C)=O)CC2)C=C(OC)CC(Cl)=C1. The number of halogens is 1. The summed E-state index contributed by atoms with van der Waals surface area (Å²) in [6.45, 7) is 5.15. The molecule has 0 radical (unpaired) electrons. The summed E-state index contributed by atoms with van der Waals surface area (Å²) in [6, 6.07) is 0. The summed E-state index contributed by atoms with van der Waals surface area (Å²) in [5.41, 5.74) is 2.10. The van der Waals surface area contributed by atoms with Crippen molar-refractivity contribution in [2.24, 2.45) is 0 Å². The van der Waals surface area contributed by atoms with E-state index in [1.165, 1.54) is 0 Å². The quantitative estimate of drug-likeness (QED) is 0.793. The molecule has 0 saturated carbocycles. The van der Waals surface area contributed by atoms with Gasteiger partial charge in [0.25, 0.3) is 0 Å². The second-order valence-corrected chi connectivity index (χ2v) is 5.90. The molecule has 1 amide bonds. The highest BCUT2D eigenvalue weighted by Gasteiger charge is 2.23. The van der Waals surface area contributed by atoms with E-state index in [4.69, 9.17) is 21.1 Å². The van der Waals surface area contributed by atoms with Gasteiger partial charge in [0.1, 0.15) is 5.76 Å². The summed E-state index contributed by atoms with van der Waals surface area (Å²) in [5.74, 6) is 0.957. The maximum atomic E-state index is 11.5. The Balaban J connectivity index is 2.26. The standard InChI is InChI=1S/C16H23ClN2O3/c1-12(20)18-4-6-19(7-5-18)16-10-15(22-3)9-14(17)8-13(16)11-21-2/h8,10H,4-7,9,11H2,1-3H3. The Morgan fingerprint density at radius 3 is 2.45 bits per heavy atom. The zero-order valence-electron chi connectivity index (χ0n) is 13.4. The van der Waals surface area contributed by atoms with Gasteiger partial charge in [0.05, 0.1) is 13.7 Å². The number of hydrogen-bond donors (Lipinski definition) is 0. The molecule has 22 heavy (non-hydrogen) atoms. The zero-order valence-corrected chi connectivity index (χ0v) is 14.2. The van der Waals surface area contributed by atoms with Gasteiger partial charge in [0.2, 0.25) is 5.91 Å². The lowest BCUT2D eigenvalue weighted by atomic mass is 10.1. The number of carbonyl (C=O) groups excluding carboxylic acids is 1. The first kappa shape index (κ1) is 16.9. The van der Waals surface area contributed by atoms with Crippen LogP contribution in [-0.2, 0) is 14.3 Å². The van der Waals surface area contributed by atoms with Gasteiger partial charge in [-0.15, -0.1) is 0 Å². The van der Waals surface area contributed by atoms with E-state index in [0.29, 0.717) is 13.0 Å².